The van der Waals surface area contributed by atoms with Gasteiger partial charge in [-0.3, -0.25) is 0 Å². The third-order valence-corrected chi connectivity index (χ3v) is 3.96. The SMILES string of the molecule is C=C(C)C(C)(C)C(C)(C)NC(C)CCC. The molecule has 1 heteroatoms. The Labute approximate surface area is 96.3 Å². The minimum Gasteiger partial charge on any atom is -0.308 e. The Hall–Kier alpha value is -0.300. The molecule has 1 nitrogen and oxygen atoms in total. The van der Waals surface area contributed by atoms with Gasteiger partial charge >= 0.3 is 0 Å². The molecule has 0 spiro atoms. The van der Waals surface area contributed by atoms with Crippen LogP contribution in [0.4, 0.5) is 0 Å². The molecule has 0 aliphatic heterocycles. The maximum atomic E-state index is 4.11. The molecule has 0 aromatic carbocycles. The number of rotatable bonds is 6. The first kappa shape index (κ1) is 14.7. The van der Waals surface area contributed by atoms with Crippen molar-refractivity contribution in [1.82, 2.24) is 5.32 Å². The van der Waals surface area contributed by atoms with Gasteiger partial charge in [0.1, 0.15) is 0 Å². The fraction of sp³-hybridized carbons (Fsp3) is 0.857. The van der Waals surface area contributed by atoms with Crippen molar-refractivity contribution in [3.63, 3.8) is 0 Å². The second-order valence-corrected chi connectivity index (χ2v) is 5.86. The summed E-state index contributed by atoms with van der Waals surface area (Å²) in [5.74, 6) is 0. The molecule has 0 aliphatic carbocycles. The standard InChI is InChI=1S/C14H29N/c1-9-10-12(4)15-14(7,8)13(5,6)11(2)3/h12,15H,2,9-10H2,1,3-8H3. The van der Waals surface area contributed by atoms with E-state index in [1.807, 2.05) is 0 Å². The van der Waals surface area contributed by atoms with Crippen molar-refractivity contribution in [3.8, 4) is 0 Å². The van der Waals surface area contributed by atoms with Crippen LogP contribution in [0.25, 0.3) is 0 Å². The van der Waals surface area contributed by atoms with Gasteiger partial charge < -0.3 is 5.32 Å². The van der Waals surface area contributed by atoms with Crippen LogP contribution in [-0.4, -0.2) is 11.6 Å². The van der Waals surface area contributed by atoms with Gasteiger partial charge in [0.25, 0.3) is 0 Å². The zero-order valence-electron chi connectivity index (χ0n) is 11.7. The van der Waals surface area contributed by atoms with Crippen molar-refractivity contribution >= 4 is 0 Å². The van der Waals surface area contributed by atoms with Gasteiger partial charge in [-0.15, -0.1) is 0 Å². The lowest BCUT2D eigenvalue weighted by Gasteiger charge is -2.45. The van der Waals surface area contributed by atoms with Crippen LogP contribution in [-0.2, 0) is 0 Å². The predicted octanol–water partition coefficient (Wildman–Crippen LogP) is 4.15. The summed E-state index contributed by atoms with van der Waals surface area (Å²) < 4.78 is 0. The molecule has 0 saturated heterocycles. The first-order valence-corrected chi connectivity index (χ1v) is 6.08. The van der Waals surface area contributed by atoms with Crippen molar-refractivity contribution in [3.05, 3.63) is 12.2 Å². The van der Waals surface area contributed by atoms with Crippen LogP contribution in [0.1, 0.15) is 61.3 Å². The maximum absolute atomic E-state index is 4.11. The summed E-state index contributed by atoms with van der Waals surface area (Å²) in [6.45, 7) is 19.8. The van der Waals surface area contributed by atoms with Gasteiger partial charge in [0.2, 0.25) is 0 Å². The molecule has 0 saturated carbocycles. The van der Waals surface area contributed by atoms with Gasteiger partial charge in [-0.2, -0.15) is 0 Å². The van der Waals surface area contributed by atoms with E-state index in [4.69, 9.17) is 0 Å². The van der Waals surface area contributed by atoms with Gasteiger partial charge in [0.15, 0.2) is 0 Å². The molecule has 0 amide bonds. The third-order valence-electron chi connectivity index (χ3n) is 3.96. The molecule has 1 unspecified atom stereocenters. The van der Waals surface area contributed by atoms with E-state index in [-0.39, 0.29) is 11.0 Å². The monoisotopic (exact) mass is 211 g/mol. The zero-order chi connectivity index (χ0) is 12.3. The highest BCUT2D eigenvalue weighted by Crippen LogP contribution is 2.37. The van der Waals surface area contributed by atoms with Gasteiger partial charge in [-0.1, -0.05) is 39.3 Å². The summed E-state index contributed by atoms with van der Waals surface area (Å²) in [4.78, 5) is 0. The fourth-order valence-electron chi connectivity index (χ4n) is 1.84. The predicted molar refractivity (Wildman–Crippen MR) is 70.2 cm³/mol. The van der Waals surface area contributed by atoms with Crippen LogP contribution in [0, 0.1) is 5.41 Å². The minimum atomic E-state index is 0.0907. The first-order valence-electron chi connectivity index (χ1n) is 6.08. The number of nitrogens with one attached hydrogen (secondary N) is 1. The lowest BCUT2D eigenvalue weighted by Crippen LogP contribution is -2.54. The van der Waals surface area contributed by atoms with Gasteiger partial charge in [0, 0.05) is 17.0 Å². The fourth-order valence-corrected chi connectivity index (χ4v) is 1.84. The van der Waals surface area contributed by atoms with Crippen molar-refractivity contribution in [2.24, 2.45) is 5.41 Å². The largest absolute Gasteiger partial charge is 0.308 e. The Bertz CT molecular complexity index is 213. The van der Waals surface area contributed by atoms with E-state index in [9.17, 15) is 0 Å². The molecule has 15 heavy (non-hydrogen) atoms. The summed E-state index contributed by atoms with van der Waals surface area (Å²) in [5, 5.41) is 3.72. The summed E-state index contributed by atoms with van der Waals surface area (Å²) in [6, 6.07) is 0.573. The second-order valence-electron chi connectivity index (χ2n) is 5.86. The lowest BCUT2D eigenvalue weighted by molar-refractivity contribution is 0.176. The van der Waals surface area contributed by atoms with E-state index in [1.165, 1.54) is 18.4 Å². The highest BCUT2D eigenvalue weighted by Gasteiger charge is 2.37. The Kier molecular flexibility index (Phi) is 5.05. The minimum absolute atomic E-state index is 0.0907. The molecule has 1 N–H and O–H groups in total. The normalized spacial score (nSPS) is 15.1. The van der Waals surface area contributed by atoms with Crippen molar-refractivity contribution < 1.29 is 0 Å². The second kappa shape index (κ2) is 5.16. The molecule has 0 heterocycles. The van der Waals surface area contributed by atoms with Crippen LogP contribution >= 0.6 is 0 Å². The van der Waals surface area contributed by atoms with E-state index >= 15 is 0 Å². The Morgan fingerprint density at radius 3 is 2.07 bits per heavy atom. The number of hydrogen-bond donors (Lipinski definition) is 1. The Balaban J connectivity index is 4.60. The summed E-state index contributed by atoms with van der Waals surface area (Å²) in [6.07, 6.45) is 2.47. The molecule has 0 aromatic heterocycles. The highest BCUT2D eigenvalue weighted by molar-refractivity contribution is 5.13. The first-order chi connectivity index (χ1) is 6.65. The molecule has 0 rings (SSSR count). The van der Waals surface area contributed by atoms with E-state index in [1.54, 1.807) is 0 Å². The van der Waals surface area contributed by atoms with Crippen molar-refractivity contribution in [2.45, 2.75) is 72.9 Å². The van der Waals surface area contributed by atoms with E-state index < -0.39 is 0 Å². The van der Waals surface area contributed by atoms with Crippen LogP contribution in [0.15, 0.2) is 12.2 Å². The molecule has 0 radical (unpaired) electrons. The van der Waals surface area contributed by atoms with Gasteiger partial charge in [0.05, 0.1) is 0 Å². The highest BCUT2D eigenvalue weighted by atomic mass is 15.0. The van der Waals surface area contributed by atoms with Crippen LogP contribution in [0.3, 0.4) is 0 Å². The van der Waals surface area contributed by atoms with Crippen LogP contribution in [0.2, 0.25) is 0 Å². The van der Waals surface area contributed by atoms with Gasteiger partial charge in [-0.05, 0) is 34.1 Å². The lowest BCUT2D eigenvalue weighted by atomic mass is 9.70. The quantitative estimate of drug-likeness (QED) is 0.651. The zero-order valence-corrected chi connectivity index (χ0v) is 11.7. The van der Waals surface area contributed by atoms with E-state index in [0.717, 1.165) is 0 Å². The topological polar surface area (TPSA) is 12.0 Å². The summed E-state index contributed by atoms with van der Waals surface area (Å²) in [5.41, 5.74) is 1.45. The molecule has 0 fully saturated rings. The molecule has 0 bridgehead atoms. The summed E-state index contributed by atoms with van der Waals surface area (Å²) >= 11 is 0. The van der Waals surface area contributed by atoms with Crippen molar-refractivity contribution in [2.75, 3.05) is 0 Å². The van der Waals surface area contributed by atoms with Gasteiger partial charge in [-0.25, -0.2) is 0 Å². The molecule has 0 aliphatic rings. The molecular formula is C14H29N. The van der Waals surface area contributed by atoms with Crippen LogP contribution < -0.4 is 5.32 Å². The maximum Gasteiger partial charge on any atom is 0.0215 e. The van der Waals surface area contributed by atoms with Crippen LogP contribution in [0.5, 0.6) is 0 Å². The smallest absolute Gasteiger partial charge is 0.0215 e. The van der Waals surface area contributed by atoms with E-state index in [0.29, 0.717) is 6.04 Å². The average Bonchev–Trinajstić information content (AvgIpc) is 2.02. The third kappa shape index (κ3) is 3.64. The Morgan fingerprint density at radius 1 is 1.27 bits per heavy atom. The van der Waals surface area contributed by atoms with E-state index in [2.05, 4.69) is 60.4 Å². The number of hydrogen-bond acceptors (Lipinski definition) is 1. The molecule has 90 valence electrons. The summed E-state index contributed by atoms with van der Waals surface area (Å²) in [7, 11) is 0. The Morgan fingerprint density at radius 2 is 1.73 bits per heavy atom. The molecular weight excluding hydrogens is 182 g/mol. The molecule has 0 aromatic rings. The van der Waals surface area contributed by atoms with Crippen molar-refractivity contribution in [1.29, 1.82) is 0 Å². The molecule has 1 atom stereocenters. The average molecular weight is 211 g/mol.